The van der Waals surface area contributed by atoms with Gasteiger partial charge in [0.1, 0.15) is 11.8 Å². The zero-order valence-electron chi connectivity index (χ0n) is 7.58. The smallest absolute Gasteiger partial charge is 0.320 e. The number of aromatic hydroxyl groups is 1. The number of hydrogen-bond acceptors (Lipinski definition) is 3. The fraction of sp³-hybridized carbons (Fsp3) is 0.222. The van der Waals surface area contributed by atoms with Gasteiger partial charge in [0, 0.05) is 0 Å². The number of carboxylic acid groups (broad SMARTS) is 1. The minimum Gasteiger partial charge on any atom is -0.506 e. The van der Waals surface area contributed by atoms with E-state index in [1.807, 2.05) is 45.2 Å². The van der Waals surface area contributed by atoms with Crippen LogP contribution in [0.3, 0.4) is 0 Å². The Morgan fingerprint density at radius 1 is 1.40 bits per heavy atom. The number of aliphatic carboxylic acids is 1. The van der Waals surface area contributed by atoms with Crippen LogP contribution in [0.25, 0.3) is 0 Å². The highest BCUT2D eigenvalue weighted by Crippen LogP contribution is 2.27. The van der Waals surface area contributed by atoms with Crippen LogP contribution in [-0.2, 0) is 11.2 Å². The molecule has 4 N–H and O–H groups in total. The molecule has 0 aromatic heterocycles. The molecule has 0 fully saturated rings. The predicted octanol–water partition coefficient (Wildman–Crippen LogP) is 1.56. The van der Waals surface area contributed by atoms with Crippen LogP contribution >= 0.6 is 45.2 Å². The van der Waals surface area contributed by atoms with Crippen LogP contribution in [0.5, 0.6) is 5.75 Å². The molecule has 1 aromatic carbocycles. The lowest BCUT2D eigenvalue weighted by Gasteiger charge is -2.08. The molecule has 0 saturated heterocycles. The zero-order valence-corrected chi connectivity index (χ0v) is 11.9. The molecule has 0 bridgehead atoms. The molecule has 1 atom stereocenters. The fourth-order valence-electron chi connectivity index (χ4n) is 1.08. The minimum atomic E-state index is -1.02. The molecule has 1 rings (SSSR count). The highest BCUT2D eigenvalue weighted by atomic mass is 125. The van der Waals surface area contributed by atoms with Gasteiger partial charge in [-0.3, -0.25) is 4.79 Å². The first-order chi connectivity index (χ1) is 6.91. The van der Waals surface area contributed by atoms with Crippen molar-refractivity contribution in [3.05, 3.63) is 24.8 Å². The van der Waals surface area contributed by atoms with Gasteiger partial charge in [-0.25, -0.2) is 0 Å². The normalized spacial score (nSPS) is 12.5. The van der Waals surface area contributed by atoms with Gasteiger partial charge in [0.2, 0.25) is 0 Å². The first kappa shape index (κ1) is 13.0. The number of carbonyl (C=O) groups is 1. The van der Waals surface area contributed by atoms with Crippen LogP contribution in [0, 0.1) is 7.14 Å². The molecule has 82 valence electrons. The highest BCUT2D eigenvalue weighted by molar-refractivity contribution is 14.1. The summed E-state index contributed by atoms with van der Waals surface area (Å²) < 4.78 is 1.40. The van der Waals surface area contributed by atoms with Crippen LogP contribution in [0.15, 0.2) is 12.1 Å². The van der Waals surface area contributed by atoms with Crippen LogP contribution in [0.1, 0.15) is 5.56 Å². The summed E-state index contributed by atoms with van der Waals surface area (Å²) in [6.45, 7) is 0. The molecule has 1 unspecified atom stereocenters. The summed E-state index contributed by atoms with van der Waals surface area (Å²) in [5.41, 5.74) is 6.24. The molecule has 0 aliphatic rings. The van der Waals surface area contributed by atoms with E-state index < -0.39 is 12.0 Å². The number of carboxylic acids is 1. The van der Waals surface area contributed by atoms with Crippen molar-refractivity contribution in [3.8, 4) is 5.75 Å². The van der Waals surface area contributed by atoms with E-state index in [1.54, 1.807) is 12.1 Å². The summed E-state index contributed by atoms with van der Waals surface area (Å²) >= 11 is 3.99. The van der Waals surface area contributed by atoms with Crippen LogP contribution < -0.4 is 5.73 Å². The molecule has 0 amide bonds. The molecular weight excluding hydrogens is 420 g/mol. The van der Waals surface area contributed by atoms with Crippen molar-refractivity contribution in [2.75, 3.05) is 0 Å². The summed E-state index contributed by atoms with van der Waals surface area (Å²) in [6, 6.07) is 2.57. The molecule has 15 heavy (non-hydrogen) atoms. The van der Waals surface area contributed by atoms with Gasteiger partial charge in [-0.1, -0.05) is 0 Å². The fourth-order valence-corrected chi connectivity index (χ4v) is 2.97. The molecule has 0 heterocycles. The quantitative estimate of drug-likeness (QED) is 0.638. The van der Waals surface area contributed by atoms with E-state index >= 15 is 0 Å². The summed E-state index contributed by atoms with van der Waals surface area (Å²) in [4.78, 5) is 10.6. The topological polar surface area (TPSA) is 83.5 Å². The Morgan fingerprint density at radius 2 is 1.87 bits per heavy atom. The summed E-state index contributed by atoms with van der Waals surface area (Å²) in [6.07, 6.45) is 0.265. The average Bonchev–Trinajstić information content (AvgIpc) is 2.13. The zero-order chi connectivity index (χ0) is 11.6. The number of halogens is 2. The molecule has 0 aliphatic heterocycles. The second-order valence-corrected chi connectivity index (χ2v) is 5.38. The summed E-state index contributed by atoms with van der Waals surface area (Å²) in [7, 11) is 0. The van der Waals surface area contributed by atoms with Crippen LogP contribution in [-0.4, -0.2) is 22.2 Å². The van der Waals surface area contributed by atoms with E-state index in [1.165, 1.54) is 0 Å². The Hall–Kier alpha value is -0.0900. The third kappa shape index (κ3) is 3.45. The molecule has 0 aliphatic carbocycles. The number of rotatable bonds is 3. The molecule has 6 heteroatoms. The van der Waals surface area contributed by atoms with E-state index in [4.69, 9.17) is 10.8 Å². The number of benzene rings is 1. The molecule has 0 spiro atoms. The van der Waals surface area contributed by atoms with Crippen molar-refractivity contribution in [3.63, 3.8) is 0 Å². The van der Waals surface area contributed by atoms with Gasteiger partial charge in [0.15, 0.2) is 0 Å². The minimum absolute atomic E-state index is 0.226. The predicted molar refractivity (Wildman–Crippen MR) is 72.9 cm³/mol. The SMILES string of the molecule is NC(Cc1cc([125I])c(O)c([125I])c1)C(=O)O. The van der Waals surface area contributed by atoms with E-state index in [2.05, 4.69) is 0 Å². The molecular formula is C9H9I2NO3. The summed E-state index contributed by atoms with van der Waals surface area (Å²) in [5, 5.41) is 18.2. The molecule has 4 nitrogen and oxygen atoms in total. The average molecular weight is 429 g/mol. The van der Waals surface area contributed by atoms with Crippen LogP contribution in [0.4, 0.5) is 0 Å². The third-order valence-corrected chi connectivity index (χ3v) is 3.49. The van der Waals surface area contributed by atoms with Crippen molar-refractivity contribution in [2.24, 2.45) is 5.73 Å². The molecule has 0 radical (unpaired) electrons. The van der Waals surface area contributed by atoms with Gasteiger partial charge < -0.3 is 15.9 Å². The maximum atomic E-state index is 10.6. The van der Waals surface area contributed by atoms with Crippen molar-refractivity contribution < 1.29 is 15.0 Å². The lowest BCUT2D eigenvalue weighted by Crippen LogP contribution is -2.32. The first-order valence-corrected chi connectivity index (χ1v) is 6.23. The Kier molecular flexibility index (Phi) is 4.59. The Labute approximate surface area is 114 Å². The van der Waals surface area contributed by atoms with E-state index in [9.17, 15) is 9.90 Å². The maximum absolute atomic E-state index is 10.6. The largest absolute Gasteiger partial charge is 0.506 e. The van der Waals surface area contributed by atoms with E-state index in [0.717, 1.165) is 5.56 Å². The number of nitrogens with two attached hydrogens (primary N) is 1. The van der Waals surface area contributed by atoms with Gasteiger partial charge in [-0.2, -0.15) is 0 Å². The van der Waals surface area contributed by atoms with Gasteiger partial charge in [0.05, 0.1) is 7.14 Å². The molecule has 0 saturated carbocycles. The van der Waals surface area contributed by atoms with Crippen LogP contribution in [0.2, 0.25) is 0 Å². The molecule has 1 aromatic rings. The van der Waals surface area contributed by atoms with Gasteiger partial charge in [0.25, 0.3) is 0 Å². The number of hydrogen-bond donors (Lipinski definition) is 3. The summed E-state index contributed by atoms with van der Waals surface area (Å²) in [5.74, 6) is -0.795. The number of phenols is 1. The number of phenolic OH excluding ortho intramolecular Hbond substituents is 1. The monoisotopic (exact) mass is 429 g/mol. The van der Waals surface area contributed by atoms with Gasteiger partial charge in [-0.05, 0) is 69.3 Å². The van der Waals surface area contributed by atoms with Crippen molar-refractivity contribution >= 4 is 51.2 Å². The van der Waals surface area contributed by atoms with E-state index in [0.29, 0.717) is 7.14 Å². The second kappa shape index (κ2) is 5.30. The Morgan fingerprint density at radius 3 is 2.27 bits per heavy atom. The Bertz CT molecular complexity index is 372. The third-order valence-electron chi connectivity index (χ3n) is 1.85. The van der Waals surface area contributed by atoms with Crippen molar-refractivity contribution in [2.45, 2.75) is 12.5 Å². The first-order valence-electron chi connectivity index (χ1n) is 4.07. The lowest BCUT2D eigenvalue weighted by atomic mass is 10.1. The van der Waals surface area contributed by atoms with Gasteiger partial charge in [-0.15, -0.1) is 0 Å². The van der Waals surface area contributed by atoms with Crippen molar-refractivity contribution in [1.82, 2.24) is 0 Å². The lowest BCUT2D eigenvalue weighted by molar-refractivity contribution is -0.138. The Balaban J connectivity index is 2.92. The van der Waals surface area contributed by atoms with E-state index in [-0.39, 0.29) is 12.2 Å². The second-order valence-electron chi connectivity index (χ2n) is 3.06. The highest BCUT2D eigenvalue weighted by Gasteiger charge is 2.14. The maximum Gasteiger partial charge on any atom is 0.320 e. The standard InChI is InChI=1S/C9H9I2NO3/c10-5-1-4(2-6(11)8(5)13)3-7(12)9(14)15/h1-2,7,13H,3,12H2,(H,14,15)/i10-2,11-2. The van der Waals surface area contributed by atoms with Gasteiger partial charge >= 0.3 is 5.97 Å². The van der Waals surface area contributed by atoms with Crippen molar-refractivity contribution in [1.29, 1.82) is 0 Å².